The molecule has 0 aromatic carbocycles. The first-order chi connectivity index (χ1) is 12.1. The summed E-state index contributed by atoms with van der Waals surface area (Å²) in [4.78, 5) is 17.1. The number of rotatable bonds is 4. The number of nitrogens with zero attached hydrogens (tertiary/aromatic N) is 5. The first kappa shape index (κ1) is 17.2. The van der Waals surface area contributed by atoms with Crippen molar-refractivity contribution < 1.29 is 0 Å². The van der Waals surface area contributed by atoms with Gasteiger partial charge in [-0.3, -0.25) is 9.80 Å². The monoisotopic (exact) mass is 343 g/mol. The molecule has 1 aromatic heterocycles. The molecule has 1 aromatic rings. The molecular formula is C20H33N5. The summed E-state index contributed by atoms with van der Waals surface area (Å²) in [5.74, 6) is 1.90. The summed E-state index contributed by atoms with van der Waals surface area (Å²) in [5.41, 5.74) is 2.66. The van der Waals surface area contributed by atoms with Crippen molar-refractivity contribution in [2.45, 2.75) is 65.1 Å². The van der Waals surface area contributed by atoms with E-state index in [1.807, 2.05) is 0 Å². The van der Waals surface area contributed by atoms with Gasteiger partial charge in [-0.05, 0) is 32.1 Å². The minimum Gasteiger partial charge on any atom is -0.354 e. The van der Waals surface area contributed by atoms with E-state index in [-0.39, 0.29) is 0 Å². The van der Waals surface area contributed by atoms with Crippen LogP contribution in [0.15, 0.2) is 6.33 Å². The van der Waals surface area contributed by atoms with Crippen LogP contribution in [-0.2, 0) is 13.0 Å². The molecule has 0 spiro atoms. The van der Waals surface area contributed by atoms with Crippen molar-refractivity contribution in [2.75, 3.05) is 37.6 Å². The quantitative estimate of drug-likeness (QED) is 0.839. The minimum absolute atomic E-state index is 0.609. The third kappa shape index (κ3) is 3.41. The van der Waals surface area contributed by atoms with Crippen molar-refractivity contribution in [1.82, 2.24) is 19.8 Å². The summed E-state index contributed by atoms with van der Waals surface area (Å²) in [6.07, 6.45) is 7.12. The lowest BCUT2D eigenvalue weighted by molar-refractivity contribution is 0.120. The zero-order chi connectivity index (χ0) is 17.4. The number of hydrogen-bond donors (Lipinski definition) is 0. The maximum atomic E-state index is 4.70. The Hall–Kier alpha value is -1.20. The summed E-state index contributed by atoms with van der Waals surface area (Å²) in [5, 5.41) is 0. The SMILES string of the molecule is CC(C)C(C)N1CCc2c(ncnc2N2CCN(C3CCC3)CC2)C1. The highest BCUT2D eigenvalue weighted by molar-refractivity contribution is 5.50. The number of hydrogen-bond acceptors (Lipinski definition) is 5. The topological polar surface area (TPSA) is 35.5 Å². The van der Waals surface area contributed by atoms with E-state index in [2.05, 4.69) is 40.5 Å². The summed E-state index contributed by atoms with van der Waals surface area (Å²) in [6.45, 7) is 13.7. The maximum Gasteiger partial charge on any atom is 0.135 e. The van der Waals surface area contributed by atoms with Crippen molar-refractivity contribution in [3.63, 3.8) is 0 Å². The lowest BCUT2D eigenvalue weighted by atomic mass is 9.91. The fourth-order valence-electron chi connectivity index (χ4n) is 4.45. The van der Waals surface area contributed by atoms with Crippen LogP contribution in [0.1, 0.15) is 51.3 Å². The second-order valence-corrected chi connectivity index (χ2v) is 8.44. The van der Waals surface area contributed by atoms with E-state index in [1.165, 1.54) is 49.4 Å². The molecule has 25 heavy (non-hydrogen) atoms. The first-order valence-electron chi connectivity index (χ1n) is 10.2. The summed E-state index contributed by atoms with van der Waals surface area (Å²) < 4.78 is 0. The van der Waals surface area contributed by atoms with E-state index in [4.69, 9.17) is 4.98 Å². The van der Waals surface area contributed by atoms with Gasteiger partial charge in [0.1, 0.15) is 12.1 Å². The van der Waals surface area contributed by atoms with E-state index < -0.39 is 0 Å². The van der Waals surface area contributed by atoms with Gasteiger partial charge in [0.2, 0.25) is 0 Å². The largest absolute Gasteiger partial charge is 0.354 e. The molecule has 1 aliphatic carbocycles. The molecule has 2 fully saturated rings. The average Bonchev–Trinajstić information content (AvgIpc) is 2.59. The van der Waals surface area contributed by atoms with E-state index in [1.54, 1.807) is 6.33 Å². The molecule has 4 rings (SSSR count). The van der Waals surface area contributed by atoms with Gasteiger partial charge in [0.25, 0.3) is 0 Å². The Morgan fingerprint density at radius 1 is 1.00 bits per heavy atom. The maximum absolute atomic E-state index is 4.70. The van der Waals surface area contributed by atoms with Crippen molar-refractivity contribution in [1.29, 1.82) is 0 Å². The van der Waals surface area contributed by atoms with E-state index in [0.29, 0.717) is 12.0 Å². The molecule has 2 aliphatic heterocycles. The fraction of sp³-hybridized carbons (Fsp3) is 0.800. The molecule has 3 aliphatic rings. The van der Waals surface area contributed by atoms with Crippen LogP contribution >= 0.6 is 0 Å². The molecule has 1 atom stereocenters. The van der Waals surface area contributed by atoms with Gasteiger partial charge in [0.05, 0.1) is 5.69 Å². The second kappa shape index (κ2) is 7.20. The van der Waals surface area contributed by atoms with Gasteiger partial charge in [-0.15, -0.1) is 0 Å². The highest BCUT2D eigenvalue weighted by Gasteiger charge is 2.31. The van der Waals surface area contributed by atoms with Gasteiger partial charge in [0.15, 0.2) is 0 Å². The molecule has 3 heterocycles. The van der Waals surface area contributed by atoms with Crippen molar-refractivity contribution in [3.05, 3.63) is 17.6 Å². The Balaban J connectivity index is 1.45. The standard InChI is InChI=1S/C20H33N5/c1-15(2)16(3)25-8-7-18-19(13-25)21-14-22-20(18)24-11-9-23(10-12-24)17-5-4-6-17/h14-17H,4-13H2,1-3H3. The lowest BCUT2D eigenvalue weighted by Gasteiger charge is -2.44. The van der Waals surface area contributed by atoms with Crippen LogP contribution in [0.3, 0.4) is 0 Å². The Bertz CT molecular complexity index is 590. The first-order valence-corrected chi connectivity index (χ1v) is 10.2. The summed E-state index contributed by atoms with van der Waals surface area (Å²) >= 11 is 0. The van der Waals surface area contributed by atoms with E-state index >= 15 is 0 Å². The normalized spacial score (nSPS) is 24.2. The Labute approximate surface area is 152 Å². The molecule has 0 bridgehead atoms. The highest BCUT2D eigenvalue weighted by Crippen LogP contribution is 2.30. The zero-order valence-electron chi connectivity index (χ0n) is 16.1. The Morgan fingerprint density at radius 2 is 1.76 bits per heavy atom. The Kier molecular flexibility index (Phi) is 4.96. The van der Waals surface area contributed by atoms with Gasteiger partial charge in [-0.2, -0.15) is 0 Å². The second-order valence-electron chi connectivity index (χ2n) is 8.44. The molecule has 5 nitrogen and oxygen atoms in total. The molecule has 1 unspecified atom stereocenters. The molecule has 0 amide bonds. The van der Waals surface area contributed by atoms with Gasteiger partial charge in [0, 0.05) is 56.9 Å². The molecular weight excluding hydrogens is 310 g/mol. The van der Waals surface area contributed by atoms with Crippen LogP contribution in [0.5, 0.6) is 0 Å². The van der Waals surface area contributed by atoms with E-state index in [0.717, 1.165) is 38.6 Å². The van der Waals surface area contributed by atoms with E-state index in [9.17, 15) is 0 Å². The van der Waals surface area contributed by atoms with Crippen molar-refractivity contribution >= 4 is 5.82 Å². The van der Waals surface area contributed by atoms with Gasteiger partial charge < -0.3 is 4.90 Å². The smallest absolute Gasteiger partial charge is 0.135 e. The van der Waals surface area contributed by atoms with Gasteiger partial charge in [-0.1, -0.05) is 20.3 Å². The van der Waals surface area contributed by atoms with Crippen molar-refractivity contribution in [2.24, 2.45) is 5.92 Å². The van der Waals surface area contributed by atoms with Crippen LogP contribution in [0, 0.1) is 5.92 Å². The molecule has 0 radical (unpaired) electrons. The fourth-order valence-corrected chi connectivity index (χ4v) is 4.45. The molecule has 1 saturated heterocycles. The average molecular weight is 344 g/mol. The number of anilines is 1. The van der Waals surface area contributed by atoms with Crippen LogP contribution in [0.4, 0.5) is 5.82 Å². The number of piperazine rings is 1. The lowest BCUT2D eigenvalue weighted by Crippen LogP contribution is -2.52. The molecule has 5 heteroatoms. The Morgan fingerprint density at radius 3 is 2.40 bits per heavy atom. The highest BCUT2D eigenvalue weighted by atomic mass is 15.3. The van der Waals surface area contributed by atoms with Crippen LogP contribution < -0.4 is 4.90 Å². The number of aromatic nitrogens is 2. The van der Waals surface area contributed by atoms with Crippen LogP contribution in [0.25, 0.3) is 0 Å². The molecule has 138 valence electrons. The van der Waals surface area contributed by atoms with Crippen molar-refractivity contribution in [3.8, 4) is 0 Å². The third-order valence-electron chi connectivity index (χ3n) is 6.76. The van der Waals surface area contributed by atoms with Crippen LogP contribution in [-0.4, -0.2) is 64.6 Å². The summed E-state index contributed by atoms with van der Waals surface area (Å²) in [6, 6.07) is 1.48. The third-order valence-corrected chi connectivity index (χ3v) is 6.76. The van der Waals surface area contributed by atoms with Crippen LogP contribution in [0.2, 0.25) is 0 Å². The van der Waals surface area contributed by atoms with Gasteiger partial charge in [-0.25, -0.2) is 9.97 Å². The molecule has 0 N–H and O–H groups in total. The molecule has 1 saturated carbocycles. The predicted octanol–water partition coefficient (Wildman–Crippen LogP) is 2.55. The van der Waals surface area contributed by atoms with Gasteiger partial charge >= 0.3 is 0 Å². The predicted molar refractivity (Wildman–Crippen MR) is 102 cm³/mol. The minimum atomic E-state index is 0.609. The zero-order valence-corrected chi connectivity index (χ0v) is 16.1. The number of fused-ring (bicyclic) bond motifs is 1. The summed E-state index contributed by atoms with van der Waals surface area (Å²) in [7, 11) is 0.